The van der Waals surface area contributed by atoms with Crippen LogP contribution in [0.4, 0.5) is 0 Å². The van der Waals surface area contributed by atoms with Crippen molar-refractivity contribution in [3.05, 3.63) is 102 Å². The number of benzene rings is 3. The van der Waals surface area contributed by atoms with Crippen LogP contribution >= 0.6 is 0 Å². The average Bonchev–Trinajstić information content (AvgIpc) is 2.71. The molecule has 5 heteroatoms. The lowest BCUT2D eigenvalue weighted by Crippen LogP contribution is -2.10. The van der Waals surface area contributed by atoms with E-state index in [-0.39, 0.29) is 0 Å². The van der Waals surface area contributed by atoms with Gasteiger partial charge < -0.3 is 9.84 Å². The van der Waals surface area contributed by atoms with E-state index in [9.17, 15) is 4.79 Å². The Morgan fingerprint density at radius 2 is 1.41 bits per heavy atom. The Kier molecular flexibility index (Phi) is 6.09. The highest BCUT2D eigenvalue weighted by Crippen LogP contribution is 2.16. The molecule has 0 aliphatic carbocycles. The molecule has 5 nitrogen and oxygen atoms in total. The van der Waals surface area contributed by atoms with Gasteiger partial charge in [0.05, 0.1) is 6.21 Å². The molecule has 3 rings (SSSR count). The lowest BCUT2D eigenvalue weighted by molar-refractivity contribution is -0.139. The molecule has 0 unspecified atom stereocenters. The highest BCUT2D eigenvalue weighted by atomic mass is 16.5. The number of rotatable bonds is 7. The fourth-order valence-corrected chi connectivity index (χ4v) is 2.48. The highest BCUT2D eigenvalue weighted by Gasteiger charge is 2.06. The lowest BCUT2D eigenvalue weighted by atomic mass is 10.0. The molecular weight excluding hydrogens is 340 g/mol. The van der Waals surface area contributed by atoms with Gasteiger partial charge in [-0.3, -0.25) is 0 Å². The number of carboxylic acid groups (broad SMARTS) is 1. The zero-order chi connectivity index (χ0) is 18.9. The van der Waals surface area contributed by atoms with E-state index in [2.05, 4.69) is 10.2 Å². The molecule has 0 amide bonds. The number of hydrogen-bond donors (Lipinski definition) is 1. The summed E-state index contributed by atoms with van der Waals surface area (Å²) in [6, 6.07) is 26.7. The van der Waals surface area contributed by atoms with E-state index in [1.54, 1.807) is 24.4 Å². The Hall–Kier alpha value is -3.73. The van der Waals surface area contributed by atoms with Crippen molar-refractivity contribution in [1.29, 1.82) is 0 Å². The van der Waals surface area contributed by atoms with Gasteiger partial charge in [-0.25, -0.2) is 4.79 Å². The summed E-state index contributed by atoms with van der Waals surface area (Å²) in [5.74, 6) is -0.588. The summed E-state index contributed by atoms with van der Waals surface area (Å²) in [6.45, 7) is -0.409. The number of carboxylic acids is 1. The molecule has 0 aliphatic heterocycles. The Bertz CT molecular complexity index is 910. The van der Waals surface area contributed by atoms with Crippen molar-refractivity contribution in [3.63, 3.8) is 0 Å². The van der Waals surface area contributed by atoms with Crippen LogP contribution in [0.25, 0.3) is 0 Å². The van der Waals surface area contributed by atoms with E-state index >= 15 is 0 Å². The molecule has 0 radical (unpaired) electrons. The molecule has 0 fully saturated rings. The number of nitrogens with zero attached hydrogens (tertiary/aromatic N) is 2. The normalized spacial score (nSPS) is 10.5. The van der Waals surface area contributed by atoms with Gasteiger partial charge in [-0.15, -0.1) is 5.10 Å². The topological polar surface area (TPSA) is 71.2 Å². The number of carbonyl (C=O) groups is 1. The molecule has 0 spiro atoms. The first-order valence-electron chi connectivity index (χ1n) is 8.39. The van der Waals surface area contributed by atoms with Gasteiger partial charge in [0.2, 0.25) is 0 Å². The van der Waals surface area contributed by atoms with Crippen molar-refractivity contribution in [2.24, 2.45) is 10.2 Å². The van der Waals surface area contributed by atoms with Crippen LogP contribution in [0.2, 0.25) is 0 Å². The lowest BCUT2D eigenvalue weighted by Gasteiger charge is -2.06. The third kappa shape index (κ3) is 5.12. The van der Waals surface area contributed by atoms with Crippen LogP contribution < -0.4 is 4.74 Å². The molecule has 0 aliphatic rings. The zero-order valence-electron chi connectivity index (χ0n) is 14.5. The van der Waals surface area contributed by atoms with Gasteiger partial charge in [0, 0.05) is 16.7 Å². The Labute approximate surface area is 157 Å². The van der Waals surface area contributed by atoms with Crippen molar-refractivity contribution >= 4 is 17.9 Å². The number of aliphatic carboxylic acids is 1. The molecule has 0 atom stereocenters. The van der Waals surface area contributed by atoms with Crippen molar-refractivity contribution in [3.8, 4) is 5.75 Å². The summed E-state index contributed by atoms with van der Waals surface area (Å²) in [4.78, 5) is 10.7. The predicted octanol–water partition coefficient (Wildman–Crippen LogP) is 4.02. The monoisotopic (exact) mass is 358 g/mol. The van der Waals surface area contributed by atoms with Crippen LogP contribution in [0.1, 0.15) is 16.7 Å². The van der Waals surface area contributed by atoms with Crippen LogP contribution in [0.5, 0.6) is 5.75 Å². The molecule has 0 saturated carbocycles. The van der Waals surface area contributed by atoms with Crippen molar-refractivity contribution in [2.45, 2.75) is 0 Å². The first-order valence-corrected chi connectivity index (χ1v) is 8.39. The fraction of sp³-hybridized carbons (Fsp3) is 0.0455. The minimum absolute atomic E-state index is 0.409. The Balaban J connectivity index is 1.90. The molecule has 134 valence electrons. The van der Waals surface area contributed by atoms with Gasteiger partial charge in [0.25, 0.3) is 0 Å². The van der Waals surface area contributed by atoms with Crippen molar-refractivity contribution < 1.29 is 14.6 Å². The summed E-state index contributed by atoms with van der Waals surface area (Å²) >= 11 is 0. The van der Waals surface area contributed by atoms with Gasteiger partial charge in [-0.2, -0.15) is 5.10 Å². The summed E-state index contributed by atoms with van der Waals surface area (Å²) in [7, 11) is 0. The average molecular weight is 358 g/mol. The Morgan fingerprint density at radius 1 is 0.852 bits per heavy atom. The quantitative estimate of drug-likeness (QED) is 0.512. The van der Waals surface area contributed by atoms with E-state index in [0.717, 1.165) is 16.8 Å². The van der Waals surface area contributed by atoms with Gasteiger partial charge in [-0.05, 0) is 12.1 Å². The minimum Gasteiger partial charge on any atom is -0.481 e. The van der Waals surface area contributed by atoms with Gasteiger partial charge in [0.1, 0.15) is 11.5 Å². The predicted molar refractivity (Wildman–Crippen MR) is 106 cm³/mol. The second kappa shape index (κ2) is 9.10. The third-order valence-electron chi connectivity index (χ3n) is 3.72. The largest absolute Gasteiger partial charge is 0.481 e. The van der Waals surface area contributed by atoms with Gasteiger partial charge >= 0.3 is 5.97 Å². The van der Waals surface area contributed by atoms with E-state index in [0.29, 0.717) is 11.3 Å². The van der Waals surface area contributed by atoms with Crippen LogP contribution in [0.3, 0.4) is 0 Å². The molecule has 27 heavy (non-hydrogen) atoms. The summed E-state index contributed by atoms with van der Waals surface area (Å²) < 4.78 is 5.29. The van der Waals surface area contributed by atoms with Crippen molar-refractivity contribution in [1.82, 2.24) is 0 Å². The summed E-state index contributed by atoms with van der Waals surface area (Å²) in [6.07, 6.45) is 1.56. The maximum atomic E-state index is 10.7. The molecule has 0 aromatic heterocycles. The minimum atomic E-state index is -1.03. The molecule has 1 N–H and O–H groups in total. The second-order valence-electron chi connectivity index (χ2n) is 5.65. The van der Waals surface area contributed by atoms with Crippen molar-refractivity contribution in [2.75, 3.05) is 6.61 Å². The van der Waals surface area contributed by atoms with E-state index < -0.39 is 12.6 Å². The fourth-order valence-electron chi connectivity index (χ4n) is 2.48. The highest BCUT2D eigenvalue weighted by molar-refractivity contribution is 6.13. The van der Waals surface area contributed by atoms with E-state index in [1.165, 1.54) is 0 Å². The molecule has 0 saturated heterocycles. The smallest absolute Gasteiger partial charge is 0.341 e. The van der Waals surface area contributed by atoms with E-state index in [1.807, 2.05) is 66.7 Å². The number of para-hydroxylation sites is 1. The van der Waals surface area contributed by atoms with Crippen LogP contribution in [-0.2, 0) is 4.79 Å². The molecule has 3 aromatic rings. The maximum Gasteiger partial charge on any atom is 0.341 e. The van der Waals surface area contributed by atoms with E-state index in [4.69, 9.17) is 9.84 Å². The van der Waals surface area contributed by atoms with Crippen LogP contribution in [0, 0.1) is 0 Å². The first-order chi connectivity index (χ1) is 13.2. The first kappa shape index (κ1) is 18.1. The summed E-state index contributed by atoms with van der Waals surface area (Å²) in [5, 5.41) is 17.4. The number of ether oxygens (including phenoxy) is 1. The molecule has 0 heterocycles. The standard InChI is InChI=1S/C22H18N2O3/c25-21(26)16-27-20-14-8-7-13-19(20)15-23-24-22(17-9-3-1-4-10-17)18-11-5-2-6-12-18/h1-15H,16H2,(H,25,26)/b23-15-. The van der Waals surface area contributed by atoms with Gasteiger partial charge in [0.15, 0.2) is 6.61 Å². The molecule has 0 bridgehead atoms. The SMILES string of the molecule is O=C(O)COc1ccccc1/C=N\N=C(c1ccccc1)c1ccccc1. The second-order valence-corrected chi connectivity index (χ2v) is 5.65. The van der Waals surface area contributed by atoms with Crippen LogP contribution in [-0.4, -0.2) is 29.6 Å². The molecular formula is C22H18N2O3. The van der Waals surface area contributed by atoms with Crippen LogP contribution in [0.15, 0.2) is 95.1 Å². The maximum absolute atomic E-state index is 10.7. The number of hydrogen-bond acceptors (Lipinski definition) is 4. The summed E-state index contributed by atoms with van der Waals surface area (Å²) in [5.41, 5.74) is 3.31. The Morgan fingerprint density at radius 3 is 2.00 bits per heavy atom. The van der Waals surface area contributed by atoms with Gasteiger partial charge in [-0.1, -0.05) is 72.8 Å². The molecule has 3 aromatic carbocycles. The zero-order valence-corrected chi connectivity index (χ0v) is 14.5. The third-order valence-corrected chi connectivity index (χ3v) is 3.72.